The Balaban J connectivity index is 4.45. The highest BCUT2D eigenvalue weighted by Crippen LogP contribution is 2.00. The Bertz CT molecular complexity index is 219. The maximum Gasteiger partial charge on any atom is 0.108 e. The molecule has 12 heavy (non-hydrogen) atoms. The second-order valence-corrected chi connectivity index (χ2v) is 2.54. The Morgan fingerprint density at radius 1 is 1.50 bits per heavy atom. The molecule has 0 aliphatic heterocycles. The third-order valence-electron chi connectivity index (χ3n) is 1.24. The lowest BCUT2D eigenvalue weighted by Crippen LogP contribution is -2.11. The summed E-state index contributed by atoms with van der Waals surface area (Å²) in [6, 6.07) is 0. The molecule has 0 aliphatic rings. The van der Waals surface area contributed by atoms with E-state index in [2.05, 4.69) is 21.7 Å². The average molecular weight is 170 g/mol. The normalized spacial score (nSPS) is 12.9. The Morgan fingerprint density at radius 3 is 2.42 bits per heavy atom. The molecule has 0 aromatic rings. The van der Waals surface area contributed by atoms with Crippen LogP contribution in [-0.4, -0.2) is 23.7 Å². The van der Waals surface area contributed by atoms with Crippen molar-refractivity contribution in [3.8, 4) is 0 Å². The minimum Gasteiger partial charge on any atom is -0.411 e. The SMILES string of the molecule is C=C(C)CC(=N/OC)/C(C)=N/O. The third kappa shape index (κ3) is 3.75. The van der Waals surface area contributed by atoms with Crippen LogP contribution in [0.5, 0.6) is 0 Å². The third-order valence-corrected chi connectivity index (χ3v) is 1.24. The van der Waals surface area contributed by atoms with Gasteiger partial charge < -0.3 is 10.0 Å². The van der Waals surface area contributed by atoms with Crippen molar-refractivity contribution in [1.82, 2.24) is 0 Å². The molecule has 0 aliphatic carbocycles. The highest BCUT2D eigenvalue weighted by atomic mass is 16.6. The summed E-state index contributed by atoms with van der Waals surface area (Å²) in [5.41, 5.74) is 1.97. The molecule has 0 heterocycles. The zero-order valence-corrected chi connectivity index (χ0v) is 7.66. The Hall–Kier alpha value is -1.32. The van der Waals surface area contributed by atoms with Crippen molar-refractivity contribution in [1.29, 1.82) is 0 Å². The fraction of sp³-hybridized carbons (Fsp3) is 0.500. The first-order chi connectivity index (χ1) is 5.61. The van der Waals surface area contributed by atoms with E-state index in [0.717, 1.165) is 5.57 Å². The Morgan fingerprint density at radius 2 is 2.08 bits per heavy atom. The smallest absolute Gasteiger partial charge is 0.108 e. The maximum absolute atomic E-state index is 8.47. The van der Waals surface area contributed by atoms with Crippen LogP contribution < -0.4 is 0 Å². The van der Waals surface area contributed by atoms with Crippen molar-refractivity contribution >= 4 is 11.4 Å². The number of allylic oxidation sites excluding steroid dienone is 1. The summed E-state index contributed by atoms with van der Waals surface area (Å²) in [5, 5.41) is 15.2. The van der Waals surface area contributed by atoms with Crippen LogP contribution in [0.2, 0.25) is 0 Å². The maximum atomic E-state index is 8.47. The van der Waals surface area contributed by atoms with E-state index in [-0.39, 0.29) is 0 Å². The molecule has 0 saturated heterocycles. The highest BCUT2D eigenvalue weighted by molar-refractivity contribution is 6.41. The predicted molar refractivity (Wildman–Crippen MR) is 48.8 cm³/mol. The van der Waals surface area contributed by atoms with Gasteiger partial charge in [0.2, 0.25) is 0 Å². The summed E-state index contributed by atoms with van der Waals surface area (Å²) in [4.78, 5) is 4.58. The molecule has 4 nitrogen and oxygen atoms in total. The van der Waals surface area contributed by atoms with Crippen molar-refractivity contribution in [2.45, 2.75) is 20.3 Å². The number of rotatable bonds is 4. The standard InChI is InChI=1S/C8H14N2O2/c1-6(2)5-8(10-12-4)7(3)9-11/h11H,1,5H2,2-4H3/b9-7+,10-8-. The molecule has 68 valence electrons. The van der Waals surface area contributed by atoms with Crippen molar-refractivity contribution in [3.63, 3.8) is 0 Å². The van der Waals surface area contributed by atoms with Gasteiger partial charge in [-0.2, -0.15) is 0 Å². The lowest BCUT2D eigenvalue weighted by molar-refractivity contribution is 0.213. The summed E-state index contributed by atoms with van der Waals surface area (Å²) in [7, 11) is 1.45. The molecule has 0 aromatic carbocycles. The van der Waals surface area contributed by atoms with E-state index in [9.17, 15) is 0 Å². The summed E-state index contributed by atoms with van der Waals surface area (Å²) in [5.74, 6) is 0. The van der Waals surface area contributed by atoms with Crippen LogP contribution >= 0.6 is 0 Å². The van der Waals surface area contributed by atoms with Gasteiger partial charge in [0.15, 0.2) is 0 Å². The molecular weight excluding hydrogens is 156 g/mol. The van der Waals surface area contributed by atoms with Crippen molar-refractivity contribution in [2.75, 3.05) is 7.11 Å². The van der Waals surface area contributed by atoms with Crippen LogP contribution in [0, 0.1) is 0 Å². The van der Waals surface area contributed by atoms with E-state index in [1.165, 1.54) is 7.11 Å². The van der Waals surface area contributed by atoms with Gasteiger partial charge >= 0.3 is 0 Å². The van der Waals surface area contributed by atoms with Crippen LogP contribution in [0.15, 0.2) is 22.5 Å². The van der Waals surface area contributed by atoms with Crippen LogP contribution in [0.4, 0.5) is 0 Å². The molecule has 0 saturated carbocycles. The van der Waals surface area contributed by atoms with E-state index in [1.54, 1.807) is 6.92 Å². The largest absolute Gasteiger partial charge is 0.411 e. The highest BCUT2D eigenvalue weighted by Gasteiger charge is 2.05. The summed E-state index contributed by atoms with van der Waals surface area (Å²) < 4.78 is 0. The Labute approximate surface area is 72.2 Å². The first kappa shape index (κ1) is 10.7. The summed E-state index contributed by atoms with van der Waals surface area (Å²) >= 11 is 0. The first-order valence-electron chi connectivity index (χ1n) is 3.55. The van der Waals surface area contributed by atoms with Crippen LogP contribution in [-0.2, 0) is 4.84 Å². The summed E-state index contributed by atoms with van der Waals surface area (Å²) in [6.45, 7) is 7.25. The van der Waals surface area contributed by atoms with E-state index in [4.69, 9.17) is 5.21 Å². The molecule has 0 aromatic heterocycles. The van der Waals surface area contributed by atoms with E-state index in [0.29, 0.717) is 17.8 Å². The molecule has 0 unspecified atom stereocenters. The van der Waals surface area contributed by atoms with Gasteiger partial charge in [-0.05, 0) is 13.8 Å². The number of hydrogen-bond donors (Lipinski definition) is 1. The number of hydrogen-bond acceptors (Lipinski definition) is 4. The van der Waals surface area contributed by atoms with Gasteiger partial charge in [-0.15, -0.1) is 0 Å². The van der Waals surface area contributed by atoms with Crippen LogP contribution in [0.25, 0.3) is 0 Å². The Kier molecular flexibility index (Phi) is 4.76. The van der Waals surface area contributed by atoms with Gasteiger partial charge in [0.05, 0.1) is 0 Å². The summed E-state index contributed by atoms with van der Waals surface area (Å²) in [6.07, 6.45) is 0.559. The molecule has 1 N–H and O–H groups in total. The molecule has 0 amide bonds. The monoisotopic (exact) mass is 170 g/mol. The van der Waals surface area contributed by atoms with Gasteiger partial charge in [0, 0.05) is 6.42 Å². The molecule has 0 rings (SSSR count). The first-order valence-corrected chi connectivity index (χ1v) is 3.55. The van der Waals surface area contributed by atoms with Crippen molar-refractivity contribution < 1.29 is 10.0 Å². The second kappa shape index (κ2) is 5.35. The zero-order valence-electron chi connectivity index (χ0n) is 7.66. The average Bonchev–Trinajstić information content (AvgIpc) is 2.01. The van der Waals surface area contributed by atoms with Crippen LogP contribution in [0.1, 0.15) is 20.3 Å². The minimum atomic E-state index is 0.444. The van der Waals surface area contributed by atoms with E-state index < -0.39 is 0 Å². The molecule has 0 spiro atoms. The lowest BCUT2D eigenvalue weighted by atomic mass is 10.1. The quantitative estimate of drug-likeness (QED) is 0.303. The molecular formula is C8H14N2O2. The van der Waals surface area contributed by atoms with E-state index >= 15 is 0 Å². The van der Waals surface area contributed by atoms with E-state index in [1.807, 2.05) is 6.92 Å². The molecule has 0 atom stereocenters. The number of nitrogens with zero attached hydrogens (tertiary/aromatic N) is 2. The topological polar surface area (TPSA) is 54.2 Å². The van der Waals surface area contributed by atoms with Crippen molar-refractivity contribution in [3.05, 3.63) is 12.2 Å². The predicted octanol–water partition coefficient (Wildman–Crippen LogP) is 1.81. The van der Waals surface area contributed by atoms with Gasteiger partial charge in [0.25, 0.3) is 0 Å². The lowest BCUT2D eigenvalue weighted by Gasteiger charge is -2.02. The fourth-order valence-corrected chi connectivity index (χ4v) is 0.680. The minimum absolute atomic E-state index is 0.444. The molecule has 0 radical (unpaired) electrons. The van der Waals surface area contributed by atoms with Gasteiger partial charge in [-0.3, -0.25) is 0 Å². The van der Waals surface area contributed by atoms with Crippen molar-refractivity contribution in [2.24, 2.45) is 10.3 Å². The second-order valence-electron chi connectivity index (χ2n) is 2.54. The zero-order chi connectivity index (χ0) is 9.56. The van der Waals surface area contributed by atoms with Gasteiger partial charge in [-0.1, -0.05) is 22.5 Å². The molecule has 4 heteroatoms. The molecule has 0 fully saturated rings. The molecule has 0 bridgehead atoms. The van der Waals surface area contributed by atoms with Crippen LogP contribution in [0.3, 0.4) is 0 Å². The van der Waals surface area contributed by atoms with Gasteiger partial charge in [-0.25, -0.2) is 0 Å². The fourth-order valence-electron chi connectivity index (χ4n) is 0.680. The number of oxime groups is 2. The van der Waals surface area contributed by atoms with Gasteiger partial charge in [0.1, 0.15) is 18.5 Å².